The third-order valence-corrected chi connectivity index (χ3v) is 4.40. The summed E-state index contributed by atoms with van der Waals surface area (Å²) in [5.74, 6) is -1.15. The van der Waals surface area contributed by atoms with E-state index in [0.29, 0.717) is 5.69 Å². The van der Waals surface area contributed by atoms with E-state index in [0.717, 1.165) is 4.31 Å². The Balaban J connectivity index is 3.50. The number of carbonyl (C=O) groups is 1. The molecule has 0 bridgehead atoms. The minimum atomic E-state index is -3.59. The maximum Gasteiger partial charge on any atom is 0.352 e. The minimum Gasteiger partial charge on any atom is -0.477 e. The largest absolute Gasteiger partial charge is 0.477 e. The van der Waals surface area contributed by atoms with Crippen LogP contribution >= 0.6 is 0 Å². The SMILES string of the molecule is Cc1c(S(=O)(=O)N(C)C)cc(C(=O)O)n1C. The van der Waals surface area contributed by atoms with Gasteiger partial charge in [0.05, 0.1) is 0 Å². The van der Waals surface area contributed by atoms with Gasteiger partial charge in [0, 0.05) is 26.8 Å². The van der Waals surface area contributed by atoms with Crippen molar-refractivity contribution in [2.45, 2.75) is 11.8 Å². The first-order chi connectivity index (χ1) is 7.19. The van der Waals surface area contributed by atoms with Gasteiger partial charge in [0.15, 0.2) is 0 Å². The van der Waals surface area contributed by atoms with Gasteiger partial charge in [-0.1, -0.05) is 0 Å². The molecular weight excluding hydrogens is 232 g/mol. The van der Waals surface area contributed by atoms with Crippen LogP contribution < -0.4 is 0 Å². The molecule has 0 radical (unpaired) electrons. The molecule has 0 atom stereocenters. The Hall–Kier alpha value is -1.34. The number of aromatic nitrogens is 1. The molecule has 1 rings (SSSR count). The summed E-state index contributed by atoms with van der Waals surface area (Å²) >= 11 is 0. The van der Waals surface area contributed by atoms with Crippen LogP contribution in [0.3, 0.4) is 0 Å². The number of nitrogens with zero attached hydrogens (tertiary/aromatic N) is 2. The van der Waals surface area contributed by atoms with Crippen molar-refractivity contribution >= 4 is 16.0 Å². The van der Waals surface area contributed by atoms with E-state index in [4.69, 9.17) is 5.11 Å². The third kappa shape index (κ3) is 1.83. The van der Waals surface area contributed by atoms with Crippen LogP contribution in [-0.4, -0.2) is 42.5 Å². The summed E-state index contributed by atoms with van der Waals surface area (Å²) in [6.45, 7) is 1.57. The molecule has 0 amide bonds. The highest BCUT2D eigenvalue weighted by molar-refractivity contribution is 7.89. The highest BCUT2D eigenvalue weighted by atomic mass is 32.2. The normalized spacial score (nSPS) is 12.1. The van der Waals surface area contributed by atoms with Crippen LogP contribution in [0.1, 0.15) is 16.2 Å². The summed E-state index contributed by atoms with van der Waals surface area (Å²) in [5.41, 5.74) is 0.365. The predicted octanol–water partition coefficient (Wildman–Crippen LogP) is 0.282. The fourth-order valence-corrected chi connectivity index (χ4v) is 2.50. The minimum absolute atomic E-state index is 0.0254. The van der Waals surface area contributed by atoms with Crippen LogP contribution in [-0.2, 0) is 17.1 Å². The van der Waals surface area contributed by atoms with Gasteiger partial charge in [0.2, 0.25) is 10.0 Å². The Bertz CT molecular complexity index is 528. The third-order valence-electron chi connectivity index (χ3n) is 2.47. The first-order valence-electron chi connectivity index (χ1n) is 4.51. The number of sulfonamides is 1. The van der Waals surface area contributed by atoms with Crippen molar-refractivity contribution in [3.8, 4) is 0 Å². The Kier molecular flexibility index (Phi) is 3.11. The number of hydrogen-bond donors (Lipinski definition) is 1. The van der Waals surface area contributed by atoms with Gasteiger partial charge in [0.1, 0.15) is 10.6 Å². The Morgan fingerprint density at radius 3 is 2.25 bits per heavy atom. The molecule has 0 spiro atoms. The maximum atomic E-state index is 11.9. The van der Waals surface area contributed by atoms with Crippen LogP contribution in [0.15, 0.2) is 11.0 Å². The van der Waals surface area contributed by atoms with Crippen LogP contribution in [0, 0.1) is 6.92 Å². The lowest BCUT2D eigenvalue weighted by Crippen LogP contribution is -2.22. The number of carboxylic acids is 1. The van der Waals surface area contributed by atoms with Gasteiger partial charge in [-0.25, -0.2) is 17.5 Å². The number of aromatic carboxylic acids is 1. The second-order valence-corrected chi connectivity index (χ2v) is 5.75. The van der Waals surface area contributed by atoms with E-state index in [1.807, 2.05) is 0 Å². The zero-order valence-electron chi connectivity index (χ0n) is 9.55. The summed E-state index contributed by atoms with van der Waals surface area (Å²) in [6.07, 6.45) is 0. The van der Waals surface area contributed by atoms with Crippen molar-refractivity contribution < 1.29 is 18.3 Å². The standard InChI is InChI=1S/C9H14N2O4S/c1-6-8(16(14,15)10(2)3)5-7(9(12)13)11(6)4/h5H,1-4H3,(H,12,13). The summed E-state index contributed by atoms with van der Waals surface area (Å²) in [5, 5.41) is 8.88. The van der Waals surface area contributed by atoms with Crippen LogP contribution in [0.25, 0.3) is 0 Å². The Morgan fingerprint density at radius 1 is 1.44 bits per heavy atom. The van der Waals surface area contributed by atoms with E-state index in [9.17, 15) is 13.2 Å². The van der Waals surface area contributed by atoms with Crippen LogP contribution in [0.2, 0.25) is 0 Å². The van der Waals surface area contributed by atoms with Gasteiger partial charge in [0.25, 0.3) is 0 Å². The topological polar surface area (TPSA) is 79.6 Å². The van der Waals surface area contributed by atoms with Gasteiger partial charge in [-0.15, -0.1) is 0 Å². The van der Waals surface area contributed by atoms with Gasteiger partial charge < -0.3 is 9.67 Å². The first-order valence-corrected chi connectivity index (χ1v) is 5.95. The van der Waals surface area contributed by atoms with E-state index < -0.39 is 16.0 Å². The highest BCUT2D eigenvalue weighted by Gasteiger charge is 2.25. The van der Waals surface area contributed by atoms with Crippen molar-refractivity contribution in [1.82, 2.24) is 8.87 Å². The molecular formula is C9H14N2O4S. The molecule has 0 aliphatic carbocycles. The molecule has 0 fully saturated rings. The average molecular weight is 246 g/mol. The molecule has 1 aromatic rings. The van der Waals surface area contributed by atoms with Crippen LogP contribution in [0.5, 0.6) is 0 Å². The van der Waals surface area contributed by atoms with Gasteiger partial charge in [-0.2, -0.15) is 0 Å². The zero-order chi connectivity index (χ0) is 12.7. The quantitative estimate of drug-likeness (QED) is 0.831. The van der Waals surface area contributed by atoms with Crippen molar-refractivity contribution in [2.24, 2.45) is 7.05 Å². The number of carboxylic acid groups (broad SMARTS) is 1. The molecule has 16 heavy (non-hydrogen) atoms. The summed E-state index contributed by atoms with van der Waals surface area (Å²) in [4.78, 5) is 10.9. The van der Waals surface area contributed by atoms with E-state index in [1.165, 1.54) is 31.8 Å². The molecule has 6 nitrogen and oxygen atoms in total. The second-order valence-electron chi connectivity index (χ2n) is 3.63. The summed E-state index contributed by atoms with van der Waals surface area (Å²) < 4.78 is 26.1. The molecule has 0 saturated carbocycles. The molecule has 0 unspecified atom stereocenters. The Labute approximate surface area is 94.2 Å². The molecule has 1 heterocycles. The molecule has 0 aliphatic rings. The molecule has 1 aromatic heterocycles. The maximum absolute atomic E-state index is 11.9. The van der Waals surface area contributed by atoms with E-state index in [2.05, 4.69) is 0 Å². The molecule has 1 N–H and O–H groups in total. The lowest BCUT2D eigenvalue weighted by molar-refractivity contribution is 0.0686. The van der Waals surface area contributed by atoms with Crippen molar-refractivity contribution in [2.75, 3.05) is 14.1 Å². The monoisotopic (exact) mass is 246 g/mol. The zero-order valence-corrected chi connectivity index (χ0v) is 10.4. The van der Waals surface area contributed by atoms with Crippen molar-refractivity contribution in [3.63, 3.8) is 0 Å². The smallest absolute Gasteiger partial charge is 0.352 e. The van der Waals surface area contributed by atoms with E-state index >= 15 is 0 Å². The fraction of sp³-hybridized carbons (Fsp3) is 0.444. The summed E-state index contributed by atoms with van der Waals surface area (Å²) in [7, 11) is 0.738. The van der Waals surface area contributed by atoms with Crippen LogP contribution in [0.4, 0.5) is 0 Å². The molecule has 0 aromatic carbocycles. The Morgan fingerprint density at radius 2 is 1.94 bits per heavy atom. The molecule has 0 saturated heterocycles. The van der Waals surface area contributed by atoms with Crippen molar-refractivity contribution in [3.05, 3.63) is 17.5 Å². The first kappa shape index (κ1) is 12.7. The van der Waals surface area contributed by atoms with Gasteiger partial charge >= 0.3 is 5.97 Å². The lowest BCUT2D eigenvalue weighted by Gasteiger charge is -2.10. The number of rotatable bonds is 3. The van der Waals surface area contributed by atoms with Gasteiger partial charge in [-0.3, -0.25) is 0 Å². The average Bonchev–Trinajstić information content (AvgIpc) is 2.44. The molecule has 90 valence electrons. The van der Waals surface area contributed by atoms with Crippen molar-refractivity contribution in [1.29, 1.82) is 0 Å². The second kappa shape index (κ2) is 3.91. The highest BCUT2D eigenvalue weighted by Crippen LogP contribution is 2.21. The predicted molar refractivity (Wildman–Crippen MR) is 58.0 cm³/mol. The fourth-order valence-electron chi connectivity index (χ4n) is 1.33. The van der Waals surface area contributed by atoms with Gasteiger partial charge in [-0.05, 0) is 13.0 Å². The molecule has 0 aliphatic heterocycles. The van der Waals surface area contributed by atoms with E-state index in [1.54, 1.807) is 6.92 Å². The molecule has 7 heteroatoms. The van der Waals surface area contributed by atoms with E-state index in [-0.39, 0.29) is 10.6 Å². The number of hydrogen-bond acceptors (Lipinski definition) is 3. The summed E-state index contributed by atoms with van der Waals surface area (Å²) in [6, 6.07) is 1.17. The lowest BCUT2D eigenvalue weighted by atomic mass is 10.4.